The molecule has 1 N–H and O–H groups in total. The van der Waals surface area contributed by atoms with E-state index in [0.717, 1.165) is 30.3 Å². The molecule has 0 spiro atoms. The molecule has 0 unspecified atom stereocenters. The van der Waals surface area contributed by atoms with Crippen LogP contribution in [0.15, 0.2) is 42.5 Å². The first-order chi connectivity index (χ1) is 11.3. The van der Waals surface area contributed by atoms with Crippen LogP contribution in [0.5, 0.6) is 5.75 Å². The summed E-state index contributed by atoms with van der Waals surface area (Å²) in [6, 6.07) is 7.90. The van der Waals surface area contributed by atoms with Gasteiger partial charge in [0.15, 0.2) is 6.61 Å². The number of nitrogens with one attached hydrogen (secondary N) is 1. The summed E-state index contributed by atoms with van der Waals surface area (Å²) < 4.78 is 17.9. The number of aromatic carboxylic acids is 2. The van der Waals surface area contributed by atoms with Crippen LogP contribution in [0.3, 0.4) is 0 Å². The van der Waals surface area contributed by atoms with Crippen LogP contribution >= 0.6 is 0 Å². The summed E-state index contributed by atoms with van der Waals surface area (Å²) in [5, 5.41) is 24.0. The molecule has 0 atom stereocenters. The molecule has 0 heterocycles. The molecule has 2 rings (SSSR count). The zero-order valence-electron chi connectivity index (χ0n) is 12.1. The van der Waals surface area contributed by atoms with E-state index in [9.17, 15) is 29.0 Å². The molecular formula is C16H10FNO6-2. The van der Waals surface area contributed by atoms with E-state index < -0.39 is 41.4 Å². The Morgan fingerprint density at radius 3 is 2.00 bits per heavy atom. The first kappa shape index (κ1) is 16.9. The van der Waals surface area contributed by atoms with Crippen molar-refractivity contribution in [3.05, 3.63) is 59.4 Å². The molecular weight excluding hydrogens is 321 g/mol. The lowest BCUT2D eigenvalue weighted by atomic mass is 10.1. The number of hydrogen-bond acceptors (Lipinski definition) is 6. The smallest absolute Gasteiger partial charge is 0.262 e. The van der Waals surface area contributed by atoms with Crippen molar-refractivity contribution in [1.82, 2.24) is 0 Å². The highest BCUT2D eigenvalue weighted by Crippen LogP contribution is 2.15. The largest absolute Gasteiger partial charge is 0.545 e. The third-order valence-electron chi connectivity index (χ3n) is 2.87. The zero-order chi connectivity index (χ0) is 17.7. The van der Waals surface area contributed by atoms with Crippen LogP contribution in [0.2, 0.25) is 0 Å². The summed E-state index contributed by atoms with van der Waals surface area (Å²) in [6.45, 7) is -0.443. The number of amides is 1. The van der Waals surface area contributed by atoms with Gasteiger partial charge in [0.1, 0.15) is 11.6 Å². The summed E-state index contributed by atoms with van der Waals surface area (Å²) in [5.41, 5.74) is -0.915. The number of carbonyl (C=O) groups is 3. The normalized spacial score (nSPS) is 10.0. The number of carboxylic acid groups (broad SMARTS) is 2. The van der Waals surface area contributed by atoms with E-state index in [4.69, 9.17) is 4.74 Å². The van der Waals surface area contributed by atoms with Crippen molar-refractivity contribution in [1.29, 1.82) is 0 Å². The first-order valence-electron chi connectivity index (χ1n) is 6.61. The Morgan fingerprint density at radius 2 is 1.50 bits per heavy atom. The molecule has 0 radical (unpaired) electrons. The molecule has 0 saturated heterocycles. The van der Waals surface area contributed by atoms with E-state index in [0.29, 0.717) is 0 Å². The molecule has 7 nitrogen and oxygen atoms in total. The molecule has 0 bridgehead atoms. The Labute approximate surface area is 135 Å². The van der Waals surface area contributed by atoms with Crippen LogP contribution in [0.4, 0.5) is 10.1 Å². The molecule has 24 heavy (non-hydrogen) atoms. The van der Waals surface area contributed by atoms with E-state index in [-0.39, 0.29) is 11.4 Å². The molecule has 8 heteroatoms. The average Bonchev–Trinajstić information content (AvgIpc) is 2.54. The quantitative estimate of drug-likeness (QED) is 0.767. The van der Waals surface area contributed by atoms with Crippen LogP contribution in [0.25, 0.3) is 0 Å². The second kappa shape index (κ2) is 7.23. The monoisotopic (exact) mass is 331 g/mol. The number of halogens is 1. The van der Waals surface area contributed by atoms with Crippen molar-refractivity contribution >= 4 is 23.5 Å². The van der Waals surface area contributed by atoms with Crippen LogP contribution in [0, 0.1) is 5.82 Å². The van der Waals surface area contributed by atoms with Gasteiger partial charge in [0.05, 0.1) is 11.9 Å². The van der Waals surface area contributed by atoms with Gasteiger partial charge in [-0.2, -0.15) is 0 Å². The minimum Gasteiger partial charge on any atom is -0.545 e. The maximum atomic E-state index is 12.7. The molecule has 0 saturated carbocycles. The highest BCUT2D eigenvalue weighted by Gasteiger charge is 2.08. The van der Waals surface area contributed by atoms with E-state index >= 15 is 0 Å². The van der Waals surface area contributed by atoms with Gasteiger partial charge in [-0.25, -0.2) is 4.39 Å². The average molecular weight is 331 g/mol. The maximum Gasteiger partial charge on any atom is 0.262 e. The van der Waals surface area contributed by atoms with Crippen LogP contribution < -0.4 is 20.3 Å². The fourth-order valence-electron chi connectivity index (χ4n) is 1.81. The van der Waals surface area contributed by atoms with Crippen molar-refractivity contribution in [2.24, 2.45) is 0 Å². The molecule has 2 aromatic rings. The Kier molecular flexibility index (Phi) is 5.10. The Balaban J connectivity index is 2.06. The highest BCUT2D eigenvalue weighted by molar-refractivity contribution is 5.97. The number of carbonyl (C=O) groups excluding carboxylic acids is 3. The lowest BCUT2D eigenvalue weighted by Crippen LogP contribution is -2.27. The second-order valence-electron chi connectivity index (χ2n) is 4.66. The molecule has 0 fully saturated rings. The summed E-state index contributed by atoms with van der Waals surface area (Å²) in [7, 11) is 0. The van der Waals surface area contributed by atoms with Crippen molar-refractivity contribution < 1.29 is 33.7 Å². The lowest BCUT2D eigenvalue weighted by molar-refractivity contribution is -0.255. The topological polar surface area (TPSA) is 119 Å². The highest BCUT2D eigenvalue weighted by atomic mass is 19.1. The second-order valence-corrected chi connectivity index (χ2v) is 4.66. The van der Waals surface area contributed by atoms with Gasteiger partial charge in [-0.15, -0.1) is 0 Å². The molecule has 1 amide bonds. The maximum absolute atomic E-state index is 12.7. The van der Waals surface area contributed by atoms with Gasteiger partial charge in [0.2, 0.25) is 0 Å². The van der Waals surface area contributed by atoms with Crippen molar-refractivity contribution in [3.63, 3.8) is 0 Å². The van der Waals surface area contributed by atoms with Gasteiger partial charge in [-0.1, -0.05) is 0 Å². The molecule has 0 aliphatic carbocycles. The molecule has 0 aliphatic rings. The molecule has 0 aliphatic heterocycles. The Bertz CT molecular complexity index is 755. The summed E-state index contributed by atoms with van der Waals surface area (Å²) in [4.78, 5) is 33.5. The lowest BCUT2D eigenvalue weighted by Gasteiger charge is -2.12. The SMILES string of the molecule is O=C(COc1ccc(F)cc1)Nc1cc(C(=O)[O-])cc(C(=O)[O-])c1. The third-order valence-corrected chi connectivity index (χ3v) is 2.87. The fraction of sp³-hybridized carbons (Fsp3) is 0.0625. The standard InChI is InChI=1S/C16H12FNO6/c17-11-1-3-13(4-2-11)24-8-14(19)18-12-6-9(15(20)21)5-10(7-12)16(22)23/h1-7H,8H2,(H,18,19)(H,20,21)(H,22,23)/p-2. The van der Waals surface area contributed by atoms with Crippen LogP contribution in [-0.4, -0.2) is 24.5 Å². The zero-order valence-corrected chi connectivity index (χ0v) is 12.1. The molecule has 124 valence electrons. The third kappa shape index (κ3) is 4.54. The number of hydrogen-bond donors (Lipinski definition) is 1. The fourth-order valence-corrected chi connectivity index (χ4v) is 1.81. The number of rotatable bonds is 6. The minimum atomic E-state index is -1.60. The van der Waals surface area contributed by atoms with Gasteiger partial charge in [-0.05, 0) is 53.6 Å². The number of ether oxygens (including phenoxy) is 1. The van der Waals surface area contributed by atoms with E-state index in [1.54, 1.807) is 0 Å². The van der Waals surface area contributed by atoms with Gasteiger partial charge in [-0.3, -0.25) is 4.79 Å². The summed E-state index contributed by atoms with van der Waals surface area (Å²) in [5.74, 6) is -4.07. The predicted molar refractivity (Wildman–Crippen MR) is 75.6 cm³/mol. The molecule has 2 aromatic carbocycles. The number of benzene rings is 2. The summed E-state index contributed by atoms with van der Waals surface area (Å²) >= 11 is 0. The Hall–Kier alpha value is -3.42. The van der Waals surface area contributed by atoms with Gasteiger partial charge in [0, 0.05) is 5.69 Å². The summed E-state index contributed by atoms with van der Waals surface area (Å²) in [6.07, 6.45) is 0. The van der Waals surface area contributed by atoms with E-state index in [1.807, 2.05) is 0 Å². The van der Waals surface area contributed by atoms with Gasteiger partial charge in [0.25, 0.3) is 5.91 Å². The number of anilines is 1. The van der Waals surface area contributed by atoms with Crippen molar-refractivity contribution in [2.75, 3.05) is 11.9 Å². The van der Waals surface area contributed by atoms with Crippen LogP contribution in [0.1, 0.15) is 20.7 Å². The van der Waals surface area contributed by atoms with Crippen LogP contribution in [-0.2, 0) is 4.79 Å². The first-order valence-corrected chi connectivity index (χ1v) is 6.61. The van der Waals surface area contributed by atoms with E-state index in [1.165, 1.54) is 12.1 Å². The van der Waals surface area contributed by atoms with Gasteiger partial charge < -0.3 is 29.9 Å². The minimum absolute atomic E-state index is 0.0661. The van der Waals surface area contributed by atoms with Crippen molar-refractivity contribution in [2.45, 2.75) is 0 Å². The van der Waals surface area contributed by atoms with E-state index in [2.05, 4.69) is 5.32 Å². The Morgan fingerprint density at radius 1 is 0.958 bits per heavy atom. The predicted octanol–water partition coefficient (Wildman–Crippen LogP) is -0.430. The molecule has 0 aromatic heterocycles. The number of carboxylic acids is 2. The van der Waals surface area contributed by atoms with Crippen molar-refractivity contribution in [3.8, 4) is 5.75 Å². The van der Waals surface area contributed by atoms with Gasteiger partial charge >= 0.3 is 0 Å².